The molecule has 30 heavy (non-hydrogen) atoms. The largest absolute Gasteiger partial charge is 0.339 e. The van der Waals surface area contributed by atoms with Crippen LogP contribution in [-0.2, 0) is 9.63 Å². The van der Waals surface area contributed by atoms with Gasteiger partial charge in [0.15, 0.2) is 0 Å². The van der Waals surface area contributed by atoms with E-state index >= 15 is 0 Å². The van der Waals surface area contributed by atoms with Gasteiger partial charge in [-0.15, -0.1) is 0 Å². The van der Waals surface area contributed by atoms with Crippen LogP contribution in [0.2, 0.25) is 5.02 Å². The Bertz CT molecular complexity index is 1110. The molecule has 3 aromatic carbocycles. The summed E-state index contributed by atoms with van der Waals surface area (Å²) in [5.41, 5.74) is 1.32. The first-order chi connectivity index (χ1) is 14.6. The molecule has 0 bridgehead atoms. The van der Waals surface area contributed by atoms with Gasteiger partial charge in [-0.3, -0.25) is 4.79 Å². The van der Waals surface area contributed by atoms with E-state index in [0.29, 0.717) is 35.7 Å². The van der Waals surface area contributed by atoms with E-state index < -0.39 is 11.9 Å². The summed E-state index contributed by atoms with van der Waals surface area (Å²) < 4.78 is 0. The molecule has 3 aromatic rings. The Morgan fingerprint density at radius 2 is 1.80 bits per heavy atom. The van der Waals surface area contributed by atoms with E-state index in [1.807, 2.05) is 54.6 Å². The molecule has 0 saturated carbocycles. The van der Waals surface area contributed by atoms with Crippen molar-refractivity contribution < 1.29 is 14.4 Å². The number of hydrogen-bond donors (Lipinski definition) is 0. The molecule has 0 aromatic heterocycles. The van der Waals surface area contributed by atoms with Crippen molar-refractivity contribution in [3.8, 4) is 0 Å². The summed E-state index contributed by atoms with van der Waals surface area (Å²) in [6.07, 6.45) is 2.83. The first-order valence-electron chi connectivity index (χ1n) is 9.89. The first-order valence-corrected chi connectivity index (χ1v) is 10.3. The number of likely N-dealkylation sites (tertiary alicyclic amines) is 1. The van der Waals surface area contributed by atoms with Crippen molar-refractivity contribution in [1.82, 2.24) is 4.90 Å². The quantitative estimate of drug-likeness (QED) is 0.342. The highest BCUT2D eigenvalue weighted by atomic mass is 35.5. The second kappa shape index (κ2) is 9.09. The van der Waals surface area contributed by atoms with Gasteiger partial charge >= 0.3 is 5.97 Å². The van der Waals surface area contributed by atoms with Gasteiger partial charge in [-0.2, -0.15) is 0 Å². The van der Waals surface area contributed by atoms with Crippen molar-refractivity contribution >= 4 is 40.5 Å². The fourth-order valence-corrected chi connectivity index (χ4v) is 3.91. The second-order valence-electron chi connectivity index (χ2n) is 7.28. The number of piperidine rings is 1. The van der Waals surface area contributed by atoms with Gasteiger partial charge in [-0.1, -0.05) is 71.4 Å². The molecule has 6 heteroatoms. The molecule has 0 spiro atoms. The lowest BCUT2D eigenvalue weighted by Gasteiger charge is -2.31. The van der Waals surface area contributed by atoms with Crippen molar-refractivity contribution in [1.29, 1.82) is 0 Å². The number of amides is 1. The SMILES string of the molecule is O=C(O/N=C/c1ccccc1Cl)C1CCCN(C(=O)c2cccc3ccccc23)C1. The minimum atomic E-state index is -0.436. The monoisotopic (exact) mass is 420 g/mol. The number of hydrogen-bond acceptors (Lipinski definition) is 4. The van der Waals surface area contributed by atoms with Crippen molar-refractivity contribution in [3.05, 3.63) is 82.9 Å². The average molecular weight is 421 g/mol. The molecule has 1 atom stereocenters. The third kappa shape index (κ3) is 4.36. The lowest BCUT2D eigenvalue weighted by atomic mass is 9.96. The zero-order valence-corrected chi connectivity index (χ0v) is 17.1. The van der Waals surface area contributed by atoms with E-state index in [9.17, 15) is 9.59 Å². The molecule has 1 saturated heterocycles. The molecule has 0 radical (unpaired) electrons. The van der Waals surface area contributed by atoms with Crippen LogP contribution in [0.25, 0.3) is 10.8 Å². The standard InChI is InChI=1S/C24H21ClN2O3/c25-22-13-4-2-8-18(22)15-26-30-24(29)19-10-6-14-27(16-19)23(28)21-12-5-9-17-7-1-3-11-20(17)21/h1-5,7-9,11-13,15,19H,6,10,14,16H2/b26-15+. The summed E-state index contributed by atoms with van der Waals surface area (Å²) in [5.74, 6) is -0.904. The molecule has 1 aliphatic rings. The third-order valence-electron chi connectivity index (χ3n) is 5.30. The Labute approximate surface area is 179 Å². The Morgan fingerprint density at radius 3 is 2.67 bits per heavy atom. The smallest absolute Gasteiger partial charge is 0.338 e. The van der Waals surface area contributed by atoms with Crippen LogP contribution in [0.15, 0.2) is 71.9 Å². The van der Waals surface area contributed by atoms with Crippen LogP contribution < -0.4 is 0 Å². The number of nitrogens with zero attached hydrogens (tertiary/aromatic N) is 2. The lowest BCUT2D eigenvalue weighted by Crippen LogP contribution is -2.42. The average Bonchev–Trinajstić information content (AvgIpc) is 2.79. The zero-order valence-electron chi connectivity index (χ0n) is 16.3. The number of oxime groups is 1. The summed E-state index contributed by atoms with van der Waals surface area (Å²) in [5, 5.41) is 6.25. The van der Waals surface area contributed by atoms with Crippen LogP contribution in [-0.4, -0.2) is 36.1 Å². The number of benzene rings is 3. The van der Waals surface area contributed by atoms with E-state index in [-0.39, 0.29) is 5.91 Å². The van der Waals surface area contributed by atoms with Crippen LogP contribution in [0.5, 0.6) is 0 Å². The molecule has 4 rings (SSSR count). The maximum Gasteiger partial charge on any atom is 0.339 e. The van der Waals surface area contributed by atoms with E-state index in [2.05, 4.69) is 5.16 Å². The first kappa shape index (κ1) is 20.1. The van der Waals surface area contributed by atoms with Crippen molar-refractivity contribution in [3.63, 3.8) is 0 Å². The number of carbonyl (C=O) groups is 2. The summed E-state index contributed by atoms with van der Waals surface area (Å²) in [4.78, 5) is 32.4. The summed E-state index contributed by atoms with van der Waals surface area (Å²) in [6.45, 7) is 0.942. The van der Waals surface area contributed by atoms with Gasteiger partial charge in [0.2, 0.25) is 0 Å². The van der Waals surface area contributed by atoms with Gasteiger partial charge in [0.25, 0.3) is 5.91 Å². The van der Waals surface area contributed by atoms with E-state index in [1.54, 1.807) is 17.0 Å². The molecule has 152 valence electrons. The maximum atomic E-state index is 13.1. The third-order valence-corrected chi connectivity index (χ3v) is 5.65. The molecule has 1 aliphatic heterocycles. The fourth-order valence-electron chi connectivity index (χ4n) is 3.73. The van der Waals surface area contributed by atoms with Gasteiger partial charge in [-0.05, 0) is 35.7 Å². The molecule has 5 nitrogen and oxygen atoms in total. The molecular weight excluding hydrogens is 400 g/mol. The zero-order chi connectivity index (χ0) is 20.9. The van der Waals surface area contributed by atoms with Crippen LogP contribution in [0, 0.1) is 5.92 Å². The van der Waals surface area contributed by atoms with Crippen LogP contribution in [0.1, 0.15) is 28.8 Å². The predicted octanol–water partition coefficient (Wildman–Crippen LogP) is 4.92. The predicted molar refractivity (Wildman–Crippen MR) is 118 cm³/mol. The number of rotatable bonds is 4. The van der Waals surface area contributed by atoms with Gasteiger partial charge < -0.3 is 9.74 Å². The highest BCUT2D eigenvalue weighted by molar-refractivity contribution is 6.33. The molecule has 0 aliphatic carbocycles. The Kier molecular flexibility index (Phi) is 6.10. The second-order valence-corrected chi connectivity index (χ2v) is 7.69. The normalized spacial score (nSPS) is 16.7. The summed E-state index contributed by atoms with van der Waals surface area (Å²) in [7, 11) is 0. The molecule has 1 fully saturated rings. The van der Waals surface area contributed by atoms with Gasteiger partial charge in [0, 0.05) is 29.2 Å². The highest BCUT2D eigenvalue weighted by Gasteiger charge is 2.30. The molecule has 1 amide bonds. The van der Waals surface area contributed by atoms with Crippen molar-refractivity contribution in [2.75, 3.05) is 13.1 Å². The van der Waals surface area contributed by atoms with Gasteiger partial charge in [0.05, 0.1) is 12.1 Å². The molecule has 0 N–H and O–H groups in total. The number of halogens is 1. The van der Waals surface area contributed by atoms with Gasteiger partial charge in [-0.25, -0.2) is 4.79 Å². The van der Waals surface area contributed by atoms with E-state index in [1.165, 1.54) is 6.21 Å². The van der Waals surface area contributed by atoms with Crippen LogP contribution in [0.4, 0.5) is 0 Å². The molecule has 1 heterocycles. The van der Waals surface area contributed by atoms with Crippen molar-refractivity contribution in [2.24, 2.45) is 11.1 Å². The Hall–Kier alpha value is -3.18. The summed E-state index contributed by atoms with van der Waals surface area (Å²) in [6, 6.07) is 20.7. The van der Waals surface area contributed by atoms with Gasteiger partial charge in [0.1, 0.15) is 0 Å². The van der Waals surface area contributed by atoms with E-state index in [4.69, 9.17) is 16.4 Å². The summed E-state index contributed by atoms with van der Waals surface area (Å²) >= 11 is 6.07. The van der Waals surface area contributed by atoms with Crippen LogP contribution >= 0.6 is 11.6 Å². The minimum absolute atomic E-state index is 0.0659. The lowest BCUT2D eigenvalue weighted by molar-refractivity contribution is -0.150. The minimum Gasteiger partial charge on any atom is -0.338 e. The number of fused-ring (bicyclic) bond motifs is 1. The number of carbonyl (C=O) groups excluding carboxylic acids is 2. The topological polar surface area (TPSA) is 59.0 Å². The molecule has 1 unspecified atom stereocenters. The Balaban J connectivity index is 1.43. The Morgan fingerprint density at radius 1 is 1.03 bits per heavy atom. The fraction of sp³-hybridized carbons (Fsp3) is 0.208. The van der Waals surface area contributed by atoms with E-state index in [0.717, 1.165) is 17.2 Å². The van der Waals surface area contributed by atoms with Crippen molar-refractivity contribution in [2.45, 2.75) is 12.8 Å². The molecular formula is C24H21ClN2O3. The maximum absolute atomic E-state index is 13.1. The van der Waals surface area contributed by atoms with Crippen LogP contribution in [0.3, 0.4) is 0 Å². The highest BCUT2D eigenvalue weighted by Crippen LogP contribution is 2.24.